The number of benzene rings is 1. The number of rotatable bonds is 5. The Kier molecular flexibility index (Phi) is 5.12. The lowest BCUT2D eigenvalue weighted by molar-refractivity contribution is 0.0984. The number of carbonyl (C=O) groups excluding carboxylic acids is 1. The number of nitrogens with zero attached hydrogens (tertiary/aromatic N) is 1. The van der Waals surface area contributed by atoms with Gasteiger partial charge in [-0.2, -0.15) is 0 Å². The van der Waals surface area contributed by atoms with Gasteiger partial charge in [-0.1, -0.05) is 12.1 Å². The fourth-order valence-electron chi connectivity index (χ4n) is 1.79. The van der Waals surface area contributed by atoms with Gasteiger partial charge in [-0.25, -0.2) is 22.5 Å². The third-order valence-electron chi connectivity index (χ3n) is 3.07. The highest BCUT2D eigenvalue weighted by Crippen LogP contribution is 2.25. The maximum atomic E-state index is 13.6. The monoisotopic (exact) mass is 358 g/mol. The van der Waals surface area contributed by atoms with E-state index >= 15 is 0 Å². The van der Waals surface area contributed by atoms with E-state index in [1.165, 1.54) is 19.2 Å². The predicted octanol–water partition coefficient (Wildman–Crippen LogP) is 2.42. The number of sulfonamides is 1. The second kappa shape index (κ2) is 6.73. The molecule has 2 aromatic rings. The fraction of sp³-hybridized carbons (Fsp3) is 0.286. The van der Waals surface area contributed by atoms with Crippen LogP contribution in [0.1, 0.15) is 33.4 Å². The number of hydrogen-bond acceptors (Lipinski definition) is 6. The van der Waals surface area contributed by atoms with Crippen molar-refractivity contribution in [2.24, 2.45) is 0 Å². The van der Waals surface area contributed by atoms with Gasteiger partial charge >= 0.3 is 0 Å². The lowest BCUT2D eigenvalue weighted by Gasteiger charge is -2.07. The molecule has 9 heteroatoms. The van der Waals surface area contributed by atoms with Crippen LogP contribution in [0.3, 0.4) is 0 Å². The molecule has 0 aliphatic rings. The van der Waals surface area contributed by atoms with Crippen molar-refractivity contribution in [3.63, 3.8) is 0 Å². The van der Waals surface area contributed by atoms with E-state index < -0.39 is 26.6 Å². The number of thiazole rings is 1. The summed E-state index contributed by atoms with van der Waals surface area (Å²) in [4.78, 5) is 16.0. The normalized spacial score (nSPS) is 12.9. The molecule has 1 aromatic carbocycles. The highest BCUT2D eigenvalue weighted by atomic mass is 32.2. The zero-order valence-electron chi connectivity index (χ0n) is 12.7. The molecule has 0 bridgehead atoms. The molecule has 6 nitrogen and oxygen atoms in total. The zero-order valence-corrected chi connectivity index (χ0v) is 14.3. The van der Waals surface area contributed by atoms with Gasteiger partial charge in [0.2, 0.25) is 0 Å². The summed E-state index contributed by atoms with van der Waals surface area (Å²) in [5.41, 5.74) is 0.384. The van der Waals surface area contributed by atoms with Crippen molar-refractivity contribution in [3.05, 3.63) is 45.7 Å². The van der Waals surface area contributed by atoms with Crippen molar-refractivity contribution in [2.75, 3.05) is 7.11 Å². The molecule has 1 amide bonds. The summed E-state index contributed by atoms with van der Waals surface area (Å²) in [6.45, 7) is 3.35. The predicted molar refractivity (Wildman–Crippen MR) is 83.3 cm³/mol. The first-order valence-corrected chi connectivity index (χ1v) is 8.88. The van der Waals surface area contributed by atoms with Crippen LogP contribution >= 0.6 is 11.3 Å². The van der Waals surface area contributed by atoms with Crippen LogP contribution in [0.25, 0.3) is 0 Å². The van der Waals surface area contributed by atoms with E-state index in [1.807, 2.05) is 4.72 Å². The average molecular weight is 358 g/mol. The number of halogens is 1. The standard InChI is InChI=1S/C14H15FN2O4S2/c1-8-12(22-14(16-8)9(2)21-3)13(18)17-23(19,20)11-7-5-4-6-10(11)15/h4-7,9H,1-3H3,(H,17,18)/t9-/m1/s1. The summed E-state index contributed by atoms with van der Waals surface area (Å²) in [6, 6.07) is 4.83. The summed E-state index contributed by atoms with van der Waals surface area (Å²) >= 11 is 1.03. The molecule has 0 saturated carbocycles. The molecule has 1 N–H and O–H groups in total. The highest BCUT2D eigenvalue weighted by Gasteiger charge is 2.25. The van der Waals surface area contributed by atoms with Gasteiger partial charge in [-0.15, -0.1) is 11.3 Å². The van der Waals surface area contributed by atoms with E-state index in [2.05, 4.69) is 4.98 Å². The number of aryl methyl sites for hydroxylation is 1. The van der Waals surface area contributed by atoms with Crippen LogP contribution < -0.4 is 4.72 Å². The quantitative estimate of drug-likeness (QED) is 0.887. The van der Waals surface area contributed by atoms with E-state index in [0.717, 1.165) is 23.5 Å². The number of hydrogen-bond donors (Lipinski definition) is 1. The summed E-state index contributed by atoms with van der Waals surface area (Å²) in [7, 11) is -2.79. The number of amides is 1. The second-order valence-electron chi connectivity index (χ2n) is 4.71. The largest absolute Gasteiger partial charge is 0.375 e. The van der Waals surface area contributed by atoms with Crippen LogP contribution in [0.2, 0.25) is 0 Å². The smallest absolute Gasteiger partial charge is 0.277 e. The van der Waals surface area contributed by atoms with Gasteiger partial charge in [0.25, 0.3) is 15.9 Å². The highest BCUT2D eigenvalue weighted by molar-refractivity contribution is 7.90. The number of ether oxygens (including phenoxy) is 1. The maximum absolute atomic E-state index is 13.6. The number of aromatic nitrogens is 1. The van der Waals surface area contributed by atoms with E-state index in [0.29, 0.717) is 10.7 Å². The minimum atomic E-state index is -4.30. The Balaban J connectivity index is 2.29. The zero-order chi connectivity index (χ0) is 17.2. The molecular formula is C14H15FN2O4S2. The van der Waals surface area contributed by atoms with Gasteiger partial charge in [0, 0.05) is 7.11 Å². The summed E-state index contributed by atoms with van der Waals surface area (Å²) in [5, 5.41) is 0.554. The first-order chi connectivity index (χ1) is 10.8. The number of methoxy groups -OCH3 is 1. The number of nitrogens with one attached hydrogen (secondary N) is 1. The molecule has 0 saturated heterocycles. The van der Waals surface area contributed by atoms with Crippen LogP contribution in [0, 0.1) is 12.7 Å². The molecule has 23 heavy (non-hydrogen) atoms. The summed E-state index contributed by atoms with van der Waals surface area (Å²) in [6.07, 6.45) is -0.316. The lowest BCUT2D eigenvalue weighted by atomic mass is 10.3. The topological polar surface area (TPSA) is 85.4 Å². The second-order valence-corrected chi connectivity index (χ2v) is 7.39. The van der Waals surface area contributed by atoms with E-state index in [1.54, 1.807) is 13.8 Å². The van der Waals surface area contributed by atoms with Crippen molar-refractivity contribution < 1.29 is 22.3 Å². The Bertz CT molecular complexity index is 833. The van der Waals surface area contributed by atoms with E-state index in [4.69, 9.17) is 4.74 Å². The van der Waals surface area contributed by atoms with Crippen molar-refractivity contribution in [3.8, 4) is 0 Å². The van der Waals surface area contributed by atoms with Gasteiger partial charge < -0.3 is 4.74 Å². The minimum absolute atomic E-state index is 0.142. The molecule has 1 aromatic heterocycles. The molecule has 0 spiro atoms. The molecule has 1 atom stereocenters. The van der Waals surface area contributed by atoms with E-state index in [9.17, 15) is 17.6 Å². The Labute approximate surface area is 137 Å². The molecule has 0 aliphatic heterocycles. The molecule has 0 fully saturated rings. The molecular weight excluding hydrogens is 343 g/mol. The van der Waals surface area contributed by atoms with Crippen LogP contribution in [-0.2, 0) is 14.8 Å². The minimum Gasteiger partial charge on any atom is -0.375 e. The molecule has 0 unspecified atom stereocenters. The Hall–Kier alpha value is -1.84. The van der Waals surface area contributed by atoms with Crippen LogP contribution in [-0.4, -0.2) is 26.4 Å². The van der Waals surface area contributed by atoms with Crippen LogP contribution in [0.15, 0.2) is 29.2 Å². The van der Waals surface area contributed by atoms with Crippen molar-refractivity contribution in [2.45, 2.75) is 24.8 Å². The molecule has 124 valence electrons. The molecule has 1 heterocycles. The molecule has 0 aliphatic carbocycles. The average Bonchev–Trinajstić information content (AvgIpc) is 2.88. The Morgan fingerprint density at radius 2 is 2.04 bits per heavy atom. The van der Waals surface area contributed by atoms with Crippen LogP contribution in [0.5, 0.6) is 0 Å². The third-order valence-corrected chi connectivity index (χ3v) is 5.76. The Morgan fingerprint density at radius 1 is 1.39 bits per heavy atom. The molecule has 0 radical (unpaired) electrons. The Morgan fingerprint density at radius 3 is 2.65 bits per heavy atom. The first kappa shape index (κ1) is 17.5. The van der Waals surface area contributed by atoms with Gasteiger partial charge in [0.1, 0.15) is 26.7 Å². The third kappa shape index (κ3) is 3.74. The number of carbonyl (C=O) groups is 1. The van der Waals surface area contributed by atoms with Crippen molar-refractivity contribution in [1.82, 2.24) is 9.71 Å². The van der Waals surface area contributed by atoms with Gasteiger partial charge in [-0.3, -0.25) is 4.79 Å². The summed E-state index contributed by atoms with van der Waals surface area (Å²) in [5.74, 6) is -1.78. The van der Waals surface area contributed by atoms with Gasteiger partial charge in [0.15, 0.2) is 0 Å². The van der Waals surface area contributed by atoms with Crippen LogP contribution in [0.4, 0.5) is 4.39 Å². The van der Waals surface area contributed by atoms with E-state index in [-0.39, 0.29) is 11.0 Å². The fourth-order valence-corrected chi connectivity index (χ4v) is 3.88. The van der Waals surface area contributed by atoms with Crippen molar-refractivity contribution >= 4 is 27.3 Å². The van der Waals surface area contributed by atoms with Gasteiger partial charge in [0.05, 0.1) is 5.69 Å². The first-order valence-electron chi connectivity index (χ1n) is 6.58. The van der Waals surface area contributed by atoms with Crippen molar-refractivity contribution in [1.29, 1.82) is 0 Å². The van der Waals surface area contributed by atoms with Gasteiger partial charge in [-0.05, 0) is 26.0 Å². The molecule has 2 rings (SSSR count). The lowest BCUT2D eigenvalue weighted by Crippen LogP contribution is -2.31. The summed E-state index contributed by atoms with van der Waals surface area (Å²) < 4.78 is 44.9. The maximum Gasteiger partial charge on any atom is 0.277 e. The SMILES string of the molecule is CO[C@H](C)c1nc(C)c(C(=O)NS(=O)(=O)c2ccccc2F)s1.